The van der Waals surface area contributed by atoms with Crippen LogP contribution >= 0.6 is 0 Å². The highest BCUT2D eigenvalue weighted by molar-refractivity contribution is 6.30. The summed E-state index contributed by atoms with van der Waals surface area (Å²) in [6, 6.07) is 8.20. The highest BCUT2D eigenvalue weighted by Crippen LogP contribution is 2.47. The molecule has 1 saturated heterocycles. The van der Waals surface area contributed by atoms with Crippen LogP contribution in [0.5, 0.6) is 23.0 Å². The van der Waals surface area contributed by atoms with Crippen LogP contribution in [-0.4, -0.2) is 75.8 Å². The number of hydrogen-bond donors (Lipinski definition) is 1. The summed E-state index contributed by atoms with van der Waals surface area (Å²) < 4.78 is 22.8. The molecule has 0 aliphatic carbocycles. The van der Waals surface area contributed by atoms with E-state index in [0.29, 0.717) is 28.6 Å². The Morgan fingerprint density at radius 2 is 1.82 bits per heavy atom. The van der Waals surface area contributed by atoms with Gasteiger partial charge < -0.3 is 23.8 Å². The summed E-state index contributed by atoms with van der Waals surface area (Å²) in [6.07, 6.45) is 2.36. The zero-order valence-electron chi connectivity index (χ0n) is 21.6. The fourth-order valence-electron chi connectivity index (χ4n) is 4.79. The molecule has 1 fully saturated rings. The SMILES string of the molecule is COc1c2c(cc3c1C(C#CCOc1ccc(C=C4C(=O)N(C)C(=O)N(C)C4=O)cc1)[NH+](C)CC3)OCO2. The van der Waals surface area contributed by atoms with Crippen molar-refractivity contribution in [3.8, 4) is 34.8 Å². The molecule has 2 unspecified atom stereocenters. The van der Waals surface area contributed by atoms with E-state index < -0.39 is 17.8 Å². The van der Waals surface area contributed by atoms with Gasteiger partial charge in [0.1, 0.15) is 17.9 Å². The van der Waals surface area contributed by atoms with Gasteiger partial charge in [-0.15, -0.1) is 0 Å². The number of imide groups is 2. The van der Waals surface area contributed by atoms with Crippen LogP contribution in [0.2, 0.25) is 0 Å². The summed E-state index contributed by atoms with van der Waals surface area (Å²) in [5.41, 5.74) is 2.73. The number of likely N-dealkylation sites (N-methyl/N-ethyl adjacent to an activating group) is 3. The molecule has 196 valence electrons. The number of benzene rings is 2. The number of amides is 4. The first-order valence-corrected chi connectivity index (χ1v) is 12.1. The van der Waals surface area contributed by atoms with E-state index in [1.165, 1.54) is 25.1 Å². The number of barbiturate groups is 1. The van der Waals surface area contributed by atoms with Crippen molar-refractivity contribution in [3.63, 3.8) is 0 Å². The molecule has 38 heavy (non-hydrogen) atoms. The van der Waals surface area contributed by atoms with Crippen LogP contribution in [0.4, 0.5) is 4.79 Å². The molecule has 3 heterocycles. The monoisotopic (exact) mass is 518 g/mol. The second kappa shape index (κ2) is 10.1. The maximum atomic E-state index is 12.4. The molecule has 0 bridgehead atoms. The summed E-state index contributed by atoms with van der Waals surface area (Å²) in [5.74, 6) is 7.81. The van der Waals surface area contributed by atoms with Gasteiger partial charge >= 0.3 is 6.03 Å². The van der Waals surface area contributed by atoms with Gasteiger partial charge in [0.2, 0.25) is 12.5 Å². The van der Waals surface area contributed by atoms with Crippen molar-refractivity contribution in [1.29, 1.82) is 0 Å². The maximum Gasteiger partial charge on any atom is 0.333 e. The normalized spacial score (nSPS) is 20.1. The topological polar surface area (TPSA) is 99.1 Å². The zero-order chi connectivity index (χ0) is 27.0. The Kier molecular flexibility index (Phi) is 6.70. The van der Waals surface area contributed by atoms with Gasteiger partial charge in [-0.3, -0.25) is 19.4 Å². The number of carbonyl (C=O) groups is 3. The molecular weight excluding hydrogens is 490 g/mol. The molecule has 0 saturated carbocycles. The second-order valence-corrected chi connectivity index (χ2v) is 9.24. The molecule has 0 radical (unpaired) electrons. The highest BCUT2D eigenvalue weighted by Gasteiger charge is 2.38. The predicted octanol–water partition coefficient (Wildman–Crippen LogP) is 1.05. The summed E-state index contributed by atoms with van der Waals surface area (Å²) in [4.78, 5) is 39.8. The van der Waals surface area contributed by atoms with Crippen molar-refractivity contribution in [2.45, 2.75) is 12.5 Å². The average Bonchev–Trinajstić information content (AvgIpc) is 3.40. The Balaban J connectivity index is 1.28. The van der Waals surface area contributed by atoms with E-state index in [1.807, 2.05) is 6.07 Å². The summed E-state index contributed by atoms with van der Waals surface area (Å²) in [7, 11) is 6.42. The van der Waals surface area contributed by atoms with Gasteiger partial charge in [-0.2, -0.15) is 0 Å². The molecule has 0 aromatic heterocycles. The number of methoxy groups -OCH3 is 1. The van der Waals surface area contributed by atoms with Crippen LogP contribution in [0, 0.1) is 11.8 Å². The van der Waals surface area contributed by atoms with Crippen LogP contribution < -0.4 is 23.8 Å². The smallest absolute Gasteiger partial charge is 0.333 e. The lowest BCUT2D eigenvalue weighted by Gasteiger charge is -2.29. The Morgan fingerprint density at radius 1 is 1.11 bits per heavy atom. The number of nitrogens with one attached hydrogen (secondary N) is 1. The number of carbonyl (C=O) groups excluding carboxylic acids is 3. The van der Waals surface area contributed by atoms with Crippen molar-refractivity contribution >= 4 is 23.9 Å². The summed E-state index contributed by atoms with van der Waals surface area (Å²) in [5, 5.41) is 0. The van der Waals surface area contributed by atoms with Gasteiger partial charge in [-0.1, -0.05) is 18.1 Å². The number of quaternary nitrogens is 1. The van der Waals surface area contributed by atoms with Gasteiger partial charge in [-0.25, -0.2) is 4.79 Å². The molecule has 10 nitrogen and oxygen atoms in total. The molecule has 10 heteroatoms. The third-order valence-corrected chi connectivity index (χ3v) is 6.91. The highest BCUT2D eigenvalue weighted by atomic mass is 16.7. The van der Waals surface area contributed by atoms with Gasteiger partial charge in [0.05, 0.1) is 26.3 Å². The zero-order valence-corrected chi connectivity index (χ0v) is 21.6. The van der Waals surface area contributed by atoms with Crippen molar-refractivity contribution in [2.24, 2.45) is 0 Å². The number of ether oxygens (including phenoxy) is 4. The van der Waals surface area contributed by atoms with Crippen molar-refractivity contribution < 1.29 is 38.2 Å². The quantitative estimate of drug-likeness (QED) is 0.367. The Labute approximate surface area is 220 Å². The lowest BCUT2D eigenvalue weighted by molar-refractivity contribution is -0.905. The van der Waals surface area contributed by atoms with E-state index in [2.05, 4.69) is 18.9 Å². The number of hydrogen-bond acceptors (Lipinski definition) is 7. The first-order chi connectivity index (χ1) is 18.3. The summed E-state index contributed by atoms with van der Waals surface area (Å²) >= 11 is 0. The van der Waals surface area contributed by atoms with Gasteiger partial charge in [0, 0.05) is 20.5 Å². The van der Waals surface area contributed by atoms with E-state index in [4.69, 9.17) is 18.9 Å². The molecule has 1 N–H and O–H groups in total. The number of fused-ring (bicyclic) bond motifs is 2. The van der Waals surface area contributed by atoms with E-state index in [1.54, 1.807) is 31.4 Å². The third-order valence-electron chi connectivity index (χ3n) is 6.91. The fourth-order valence-corrected chi connectivity index (χ4v) is 4.79. The van der Waals surface area contributed by atoms with Crippen LogP contribution in [0.25, 0.3) is 6.08 Å². The van der Waals surface area contributed by atoms with E-state index in [0.717, 1.165) is 33.9 Å². The summed E-state index contributed by atoms with van der Waals surface area (Å²) in [6.45, 7) is 1.29. The second-order valence-electron chi connectivity index (χ2n) is 9.24. The van der Waals surface area contributed by atoms with Crippen molar-refractivity contribution in [2.75, 3.05) is 48.2 Å². The Morgan fingerprint density at radius 3 is 2.50 bits per heavy atom. The van der Waals surface area contributed by atoms with E-state index in [-0.39, 0.29) is 25.0 Å². The number of urea groups is 1. The minimum Gasteiger partial charge on any atom is -0.492 e. The van der Waals surface area contributed by atoms with Gasteiger partial charge in [0.25, 0.3) is 11.8 Å². The first kappa shape index (κ1) is 25.2. The van der Waals surface area contributed by atoms with Gasteiger partial charge in [-0.05, 0) is 41.3 Å². The first-order valence-electron chi connectivity index (χ1n) is 12.1. The molecule has 2 aromatic carbocycles. The number of nitrogens with zero attached hydrogens (tertiary/aromatic N) is 2. The molecule has 5 rings (SSSR count). The Bertz CT molecular complexity index is 1380. The average molecular weight is 519 g/mol. The standard InChI is InChI=1S/C28H27N3O7/c1-29-12-11-18-15-22-24(38-16-37-22)25(35-4)23(18)21(29)6-5-13-36-19-9-7-17(8-10-19)14-20-26(32)30(2)28(34)31(3)27(20)33/h7-10,14-15,21H,11-13,16H2,1-4H3/p+1. The largest absolute Gasteiger partial charge is 0.492 e. The maximum absolute atomic E-state index is 12.4. The van der Waals surface area contributed by atoms with Crippen LogP contribution in [0.3, 0.4) is 0 Å². The lowest BCUT2D eigenvalue weighted by atomic mass is 9.91. The molecule has 3 aliphatic rings. The van der Waals surface area contributed by atoms with E-state index >= 15 is 0 Å². The molecule has 2 aromatic rings. The fraction of sp³-hybridized carbons (Fsp3) is 0.321. The van der Waals surface area contributed by atoms with E-state index in [9.17, 15) is 14.4 Å². The third kappa shape index (κ3) is 4.41. The number of rotatable bonds is 4. The predicted molar refractivity (Wildman–Crippen MR) is 136 cm³/mol. The molecule has 4 amide bonds. The molecule has 3 aliphatic heterocycles. The molecular formula is C28H28N3O7+. The van der Waals surface area contributed by atoms with Crippen LogP contribution in [-0.2, 0) is 16.0 Å². The van der Waals surface area contributed by atoms with Gasteiger partial charge in [0.15, 0.2) is 17.5 Å². The van der Waals surface area contributed by atoms with Crippen LogP contribution in [0.1, 0.15) is 22.7 Å². The lowest BCUT2D eigenvalue weighted by Crippen LogP contribution is -3.10. The van der Waals surface area contributed by atoms with Crippen molar-refractivity contribution in [1.82, 2.24) is 9.80 Å². The Hall–Kier alpha value is -4.49. The minimum absolute atomic E-state index is 0.0773. The molecule has 0 spiro atoms. The van der Waals surface area contributed by atoms with Crippen molar-refractivity contribution in [3.05, 3.63) is 52.6 Å². The minimum atomic E-state index is -0.656. The molecule has 2 atom stereocenters. The van der Waals surface area contributed by atoms with Crippen LogP contribution in [0.15, 0.2) is 35.9 Å².